The van der Waals surface area contributed by atoms with Gasteiger partial charge in [-0.3, -0.25) is 19.2 Å². The van der Waals surface area contributed by atoms with Crippen LogP contribution in [0.15, 0.2) is 36.8 Å². The molecule has 1 heterocycles. The molecule has 4 amide bonds. The number of aliphatic hydroxyl groups is 1. The van der Waals surface area contributed by atoms with Crippen LogP contribution in [-0.2, 0) is 36.8 Å². The van der Waals surface area contributed by atoms with Crippen LogP contribution in [0.5, 0.6) is 5.75 Å². The average Bonchev–Trinajstić information content (AvgIpc) is 3.35. The van der Waals surface area contributed by atoms with Crippen LogP contribution >= 0.6 is 0 Å². The normalized spacial score (nSPS) is 14.8. The summed E-state index contributed by atoms with van der Waals surface area (Å²) < 4.78 is 0. The highest BCUT2D eigenvalue weighted by atomic mass is 16.4. The lowest BCUT2D eigenvalue weighted by molar-refractivity contribution is -0.145. The number of carbonyl (C=O) groups is 5. The van der Waals surface area contributed by atoms with Crippen LogP contribution in [0.1, 0.15) is 24.6 Å². The van der Waals surface area contributed by atoms with Crippen molar-refractivity contribution in [2.45, 2.75) is 56.5 Å². The van der Waals surface area contributed by atoms with E-state index in [1.54, 1.807) is 0 Å². The van der Waals surface area contributed by atoms with E-state index in [-0.39, 0.29) is 18.6 Å². The van der Waals surface area contributed by atoms with E-state index in [9.17, 15) is 39.3 Å². The fraction of sp³-hybridized carbons (Fsp3) is 0.391. The van der Waals surface area contributed by atoms with Crippen LogP contribution in [0.25, 0.3) is 0 Å². The molecule has 0 radical (unpaired) electrons. The average molecular weight is 534 g/mol. The molecule has 5 atom stereocenters. The molecular weight excluding hydrogens is 502 g/mol. The summed E-state index contributed by atoms with van der Waals surface area (Å²) in [5.41, 5.74) is 12.2. The number of benzene rings is 1. The van der Waals surface area contributed by atoms with Crippen molar-refractivity contribution in [1.29, 1.82) is 0 Å². The van der Waals surface area contributed by atoms with Crippen molar-refractivity contribution in [2.75, 3.05) is 0 Å². The molecule has 0 saturated heterocycles. The van der Waals surface area contributed by atoms with Crippen molar-refractivity contribution in [3.05, 3.63) is 48.0 Å². The number of carboxylic acid groups (broad SMARTS) is 1. The van der Waals surface area contributed by atoms with Crippen molar-refractivity contribution >= 4 is 29.6 Å². The van der Waals surface area contributed by atoms with Crippen molar-refractivity contribution in [1.82, 2.24) is 25.9 Å². The van der Waals surface area contributed by atoms with Crippen LogP contribution in [-0.4, -0.2) is 85.2 Å². The Morgan fingerprint density at radius 2 is 1.58 bits per heavy atom. The molecule has 2 aromatic rings. The van der Waals surface area contributed by atoms with Gasteiger partial charge in [-0.1, -0.05) is 12.1 Å². The summed E-state index contributed by atoms with van der Waals surface area (Å²) in [6, 6.07) is -0.0583. The summed E-state index contributed by atoms with van der Waals surface area (Å²) >= 11 is 0. The molecule has 0 bridgehead atoms. The smallest absolute Gasteiger partial charge is 0.328 e. The Bertz CT molecular complexity index is 1120. The van der Waals surface area contributed by atoms with E-state index in [1.807, 2.05) is 0 Å². The number of amides is 4. The number of nitrogens with zero attached hydrogens (tertiary/aromatic N) is 1. The van der Waals surface area contributed by atoms with E-state index in [0.717, 1.165) is 6.92 Å². The Morgan fingerprint density at radius 1 is 0.974 bits per heavy atom. The number of carbonyl (C=O) groups excluding carboxylic acids is 4. The highest BCUT2D eigenvalue weighted by Gasteiger charge is 2.32. The summed E-state index contributed by atoms with van der Waals surface area (Å²) in [5.74, 6) is -5.18. The highest BCUT2D eigenvalue weighted by Crippen LogP contribution is 2.12. The molecule has 0 aliphatic rings. The molecule has 15 nitrogen and oxygen atoms in total. The fourth-order valence-electron chi connectivity index (χ4n) is 3.41. The molecule has 11 N–H and O–H groups in total. The zero-order valence-electron chi connectivity index (χ0n) is 20.5. The lowest BCUT2D eigenvalue weighted by atomic mass is 10.0. The fourth-order valence-corrected chi connectivity index (χ4v) is 3.41. The molecular formula is C23H31N7O8. The number of hydrogen-bond donors (Lipinski definition) is 9. The summed E-state index contributed by atoms with van der Waals surface area (Å²) in [6.45, 7) is 1.16. The quantitative estimate of drug-likeness (QED) is 0.119. The Labute approximate surface area is 217 Å². The molecule has 1 aromatic heterocycles. The van der Waals surface area contributed by atoms with Gasteiger partial charge in [0.15, 0.2) is 6.04 Å². The predicted octanol–water partition coefficient (Wildman–Crippen LogP) is -2.98. The topological polar surface area (TPSA) is 263 Å². The summed E-state index contributed by atoms with van der Waals surface area (Å²) in [6.07, 6.45) is 0.673. The van der Waals surface area contributed by atoms with Gasteiger partial charge in [0.05, 0.1) is 24.9 Å². The Morgan fingerprint density at radius 3 is 2.11 bits per heavy atom. The molecule has 15 heteroatoms. The van der Waals surface area contributed by atoms with Crippen LogP contribution in [0.3, 0.4) is 0 Å². The van der Waals surface area contributed by atoms with Crippen LogP contribution in [0, 0.1) is 0 Å². The second-order valence-corrected chi connectivity index (χ2v) is 8.62. The van der Waals surface area contributed by atoms with Gasteiger partial charge in [-0.2, -0.15) is 0 Å². The third-order valence-electron chi connectivity index (χ3n) is 5.43. The van der Waals surface area contributed by atoms with E-state index in [4.69, 9.17) is 11.5 Å². The summed E-state index contributed by atoms with van der Waals surface area (Å²) in [7, 11) is 0. The van der Waals surface area contributed by atoms with Crippen molar-refractivity contribution in [2.24, 2.45) is 11.5 Å². The number of carboxylic acids is 1. The number of H-pyrrole nitrogens is 1. The first-order valence-corrected chi connectivity index (χ1v) is 11.5. The lowest BCUT2D eigenvalue weighted by Gasteiger charge is -2.25. The third-order valence-corrected chi connectivity index (χ3v) is 5.43. The molecule has 0 saturated carbocycles. The lowest BCUT2D eigenvalue weighted by Crippen LogP contribution is -2.59. The van der Waals surface area contributed by atoms with E-state index >= 15 is 0 Å². The minimum atomic E-state index is -1.68. The first-order chi connectivity index (χ1) is 17.9. The van der Waals surface area contributed by atoms with Gasteiger partial charge in [0.25, 0.3) is 0 Å². The molecule has 206 valence electrons. The molecule has 2 rings (SSSR count). The summed E-state index contributed by atoms with van der Waals surface area (Å²) in [5, 5.41) is 35.4. The highest BCUT2D eigenvalue weighted by molar-refractivity contribution is 5.96. The maximum Gasteiger partial charge on any atom is 0.328 e. The number of rotatable bonds is 14. The number of aromatic hydroxyl groups is 1. The number of aliphatic carboxylic acids is 1. The molecule has 0 spiro atoms. The van der Waals surface area contributed by atoms with Gasteiger partial charge in [-0.05, 0) is 24.6 Å². The zero-order valence-corrected chi connectivity index (χ0v) is 20.5. The van der Waals surface area contributed by atoms with Gasteiger partial charge in [0, 0.05) is 24.7 Å². The van der Waals surface area contributed by atoms with Gasteiger partial charge in [0.2, 0.25) is 23.6 Å². The maximum absolute atomic E-state index is 13.1. The largest absolute Gasteiger partial charge is 0.508 e. The second-order valence-electron chi connectivity index (χ2n) is 8.62. The second kappa shape index (κ2) is 13.7. The number of hydrogen-bond acceptors (Lipinski definition) is 9. The van der Waals surface area contributed by atoms with Crippen LogP contribution in [0.2, 0.25) is 0 Å². The van der Waals surface area contributed by atoms with Crippen molar-refractivity contribution < 1.29 is 39.3 Å². The minimum absolute atomic E-state index is 0.0467. The van der Waals surface area contributed by atoms with E-state index in [2.05, 4.69) is 25.9 Å². The van der Waals surface area contributed by atoms with Crippen LogP contribution in [0.4, 0.5) is 0 Å². The molecule has 5 unspecified atom stereocenters. The Hall–Kier alpha value is -4.50. The number of nitrogens with one attached hydrogen (secondary N) is 4. The number of phenolic OH excluding ortho intramolecular Hbond substituents is 1. The predicted molar refractivity (Wildman–Crippen MR) is 131 cm³/mol. The van der Waals surface area contributed by atoms with E-state index in [1.165, 1.54) is 36.8 Å². The van der Waals surface area contributed by atoms with Crippen molar-refractivity contribution in [3.8, 4) is 5.75 Å². The number of aliphatic hydroxyl groups excluding tert-OH is 1. The van der Waals surface area contributed by atoms with Crippen molar-refractivity contribution in [3.63, 3.8) is 0 Å². The van der Waals surface area contributed by atoms with Gasteiger partial charge in [-0.25, -0.2) is 9.78 Å². The first kappa shape index (κ1) is 29.7. The van der Waals surface area contributed by atoms with Gasteiger partial charge in [0.1, 0.15) is 17.8 Å². The Balaban J connectivity index is 2.22. The standard InChI is InChI=1S/C23H31N7O8/c1-11(31)19(23(37)38)30-22(36)16(6-12-2-4-14(32)5-3-12)29-21(35)17(8-18(25)33)28-20(34)15(24)7-13-9-26-10-27-13/h2-5,9-11,15-17,19,31-32H,6-8,24H2,1H3,(H2,25,33)(H,26,27)(H,28,34)(H,29,35)(H,30,36)(H,37,38). The zero-order chi connectivity index (χ0) is 28.4. The third kappa shape index (κ3) is 9.18. The molecule has 38 heavy (non-hydrogen) atoms. The van der Waals surface area contributed by atoms with Gasteiger partial charge in [-0.15, -0.1) is 0 Å². The van der Waals surface area contributed by atoms with Gasteiger partial charge < -0.3 is 47.7 Å². The Kier molecular flexibility index (Phi) is 10.7. The number of nitrogens with two attached hydrogens (primary N) is 2. The minimum Gasteiger partial charge on any atom is -0.508 e. The van der Waals surface area contributed by atoms with E-state index < -0.39 is 66.3 Å². The molecule has 0 fully saturated rings. The summed E-state index contributed by atoms with van der Waals surface area (Å²) in [4.78, 5) is 68.3. The van der Waals surface area contributed by atoms with E-state index in [0.29, 0.717) is 11.3 Å². The molecule has 1 aromatic carbocycles. The number of aromatic amines is 1. The molecule has 0 aliphatic carbocycles. The van der Waals surface area contributed by atoms with Crippen LogP contribution < -0.4 is 27.4 Å². The number of aromatic nitrogens is 2. The number of phenols is 1. The molecule has 0 aliphatic heterocycles. The SMILES string of the molecule is CC(O)C(NC(=O)C(Cc1ccc(O)cc1)NC(=O)C(CC(N)=O)NC(=O)C(N)Cc1cnc[nH]1)C(=O)O. The number of imidazole rings is 1. The maximum atomic E-state index is 13.1. The first-order valence-electron chi connectivity index (χ1n) is 11.5. The van der Waals surface area contributed by atoms with Gasteiger partial charge >= 0.3 is 5.97 Å². The monoisotopic (exact) mass is 533 g/mol. The number of primary amides is 1.